The van der Waals surface area contributed by atoms with Gasteiger partial charge in [0.15, 0.2) is 12.6 Å². The highest BCUT2D eigenvalue weighted by Gasteiger charge is 2.23. The molecule has 2 aromatic rings. The number of rotatable bonds is 9. The van der Waals surface area contributed by atoms with Gasteiger partial charge in [-0.1, -0.05) is 35.9 Å². The molecule has 8 heteroatoms. The molecule has 0 aliphatic heterocycles. The molecule has 0 heterocycles. The zero-order valence-electron chi connectivity index (χ0n) is 17.0. The number of carbonyl (C=O) groups is 1. The number of nitrogens with one attached hydrogen (secondary N) is 3. The summed E-state index contributed by atoms with van der Waals surface area (Å²) in [6.45, 7) is 3.99. The topological polar surface area (TPSA) is 74.8 Å². The average Bonchev–Trinajstić information content (AvgIpc) is 3.54. The van der Waals surface area contributed by atoms with Gasteiger partial charge in [-0.25, -0.2) is 4.99 Å². The number of carbonyl (C=O) groups excluding carboxylic acids is 1. The number of ether oxygens (including phenoxy) is 1. The van der Waals surface area contributed by atoms with E-state index in [1.54, 1.807) is 0 Å². The molecule has 2 aromatic carbocycles. The molecule has 0 spiro atoms. The number of nitrogens with zero attached hydrogens (tertiary/aromatic N) is 1. The van der Waals surface area contributed by atoms with Crippen molar-refractivity contribution < 1.29 is 9.53 Å². The van der Waals surface area contributed by atoms with Crippen LogP contribution in [0.15, 0.2) is 53.5 Å². The molecule has 162 valence electrons. The summed E-state index contributed by atoms with van der Waals surface area (Å²) in [5.41, 5.74) is 2.13. The van der Waals surface area contributed by atoms with Crippen LogP contribution < -0.4 is 20.7 Å². The summed E-state index contributed by atoms with van der Waals surface area (Å²) < 4.78 is 5.60. The molecule has 0 saturated heterocycles. The van der Waals surface area contributed by atoms with Gasteiger partial charge in [-0.3, -0.25) is 4.79 Å². The normalized spacial score (nSPS) is 13.2. The molecule has 1 fully saturated rings. The first-order valence-corrected chi connectivity index (χ1v) is 10.3. The number of hydrogen-bond acceptors (Lipinski definition) is 3. The van der Waals surface area contributed by atoms with Gasteiger partial charge in [-0.05, 0) is 55.2 Å². The lowest BCUT2D eigenvalue weighted by molar-refractivity contribution is -0.123. The second-order valence-electron chi connectivity index (χ2n) is 6.95. The van der Waals surface area contributed by atoms with E-state index >= 15 is 0 Å². The second-order valence-corrected chi connectivity index (χ2v) is 7.39. The molecule has 30 heavy (non-hydrogen) atoms. The summed E-state index contributed by atoms with van der Waals surface area (Å²) >= 11 is 5.93. The van der Waals surface area contributed by atoms with Gasteiger partial charge in [0.05, 0.1) is 6.54 Å². The highest BCUT2D eigenvalue weighted by Crippen LogP contribution is 2.18. The van der Waals surface area contributed by atoms with Gasteiger partial charge in [0.1, 0.15) is 5.75 Å². The van der Waals surface area contributed by atoms with Crippen LogP contribution in [0.3, 0.4) is 0 Å². The lowest BCUT2D eigenvalue weighted by Gasteiger charge is -2.12. The van der Waals surface area contributed by atoms with Crippen molar-refractivity contribution in [2.45, 2.75) is 38.9 Å². The largest absolute Gasteiger partial charge is 0.484 e. The average molecular weight is 543 g/mol. The van der Waals surface area contributed by atoms with Gasteiger partial charge >= 0.3 is 0 Å². The fraction of sp³-hybridized carbons (Fsp3) is 0.364. The van der Waals surface area contributed by atoms with E-state index in [4.69, 9.17) is 16.3 Å². The molecular weight excluding hydrogens is 515 g/mol. The third-order valence-corrected chi connectivity index (χ3v) is 4.60. The molecule has 1 aliphatic rings. The lowest BCUT2D eigenvalue weighted by atomic mass is 10.2. The van der Waals surface area contributed by atoms with E-state index in [-0.39, 0.29) is 36.5 Å². The lowest BCUT2D eigenvalue weighted by Crippen LogP contribution is -2.36. The van der Waals surface area contributed by atoms with Crippen molar-refractivity contribution in [2.24, 2.45) is 4.99 Å². The maximum Gasteiger partial charge on any atom is 0.258 e. The zero-order valence-corrected chi connectivity index (χ0v) is 20.1. The predicted molar refractivity (Wildman–Crippen MR) is 132 cm³/mol. The van der Waals surface area contributed by atoms with Crippen molar-refractivity contribution in [3.05, 3.63) is 64.7 Å². The summed E-state index contributed by atoms with van der Waals surface area (Å²) in [5.74, 6) is 1.33. The molecule has 0 radical (unpaired) electrons. The summed E-state index contributed by atoms with van der Waals surface area (Å²) in [6, 6.07) is 15.7. The van der Waals surface area contributed by atoms with Gasteiger partial charge in [0, 0.05) is 24.2 Å². The molecular formula is C22H28ClIN4O2. The van der Waals surface area contributed by atoms with Crippen LogP contribution in [0.5, 0.6) is 5.75 Å². The molecule has 0 aromatic heterocycles. The number of guanidine groups is 1. The van der Waals surface area contributed by atoms with Gasteiger partial charge in [-0.2, -0.15) is 0 Å². The van der Waals surface area contributed by atoms with Gasteiger partial charge < -0.3 is 20.7 Å². The highest BCUT2D eigenvalue weighted by molar-refractivity contribution is 14.0. The van der Waals surface area contributed by atoms with Crippen molar-refractivity contribution in [1.82, 2.24) is 16.0 Å². The maximum atomic E-state index is 11.8. The molecule has 1 saturated carbocycles. The molecule has 1 amide bonds. The van der Waals surface area contributed by atoms with Crippen molar-refractivity contribution in [2.75, 3.05) is 13.2 Å². The monoisotopic (exact) mass is 542 g/mol. The van der Waals surface area contributed by atoms with Crippen molar-refractivity contribution in [3.8, 4) is 5.75 Å². The Labute approximate surface area is 199 Å². The molecule has 0 bridgehead atoms. The van der Waals surface area contributed by atoms with Crippen LogP contribution in [-0.2, 0) is 17.9 Å². The Morgan fingerprint density at radius 3 is 2.60 bits per heavy atom. The van der Waals surface area contributed by atoms with Crippen molar-refractivity contribution in [3.63, 3.8) is 0 Å². The van der Waals surface area contributed by atoms with Crippen molar-refractivity contribution >= 4 is 47.4 Å². The molecule has 6 nitrogen and oxygen atoms in total. The molecule has 0 unspecified atom stereocenters. The summed E-state index contributed by atoms with van der Waals surface area (Å²) in [5, 5.41) is 10.2. The second kappa shape index (κ2) is 12.6. The minimum atomic E-state index is -0.0724. The number of benzene rings is 2. The summed E-state index contributed by atoms with van der Waals surface area (Å²) in [6.07, 6.45) is 2.14. The first-order chi connectivity index (χ1) is 14.1. The fourth-order valence-corrected chi connectivity index (χ4v) is 2.81. The van der Waals surface area contributed by atoms with Crippen molar-refractivity contribution in [1.29, 1.82) is 0 Å². The predicted octanol–water partition coefficient (Wildman–Crippen LogP) is 3.87. The maximum absolute atomic E-state index is 11.8. The van der Waals surface area contributed by atoms with Crippen LogP contribution in [0, 0.1) is 0 Å². The minimum absolute atomic E-state index is 0. The summed E-state index contributed by atoms with van der Waals surface area (Å²) in [7, 11) is 0. The Morgan fingerprint density at radius 1 is 1.13 bits per heavy atom. The van der Waals surface area contributed by atoms with E-state index in [0.29, 0.717) is 24.9 Å². The Balaban J connectivity index is 0.00000320. The third-order valence-electron chi connectivity index (χ3n) is 4.35. The van der Waals surface area contributed by atoms with Gasteiger partial charge in [-0.15, -0.1) is 24.0 Å². The fourth-order valence-electron chi connectivity index (χ4n) is 2.68. The third kappa shape index (κ3) is 8.79. The van der Waals surface area contributed by atoms with Crippen LogP contribution in [-0.4, -0.2) is 31.1 Å². The van der Waals surface area contributed by atoms with Crippen LogP contribution in [0.25, 0.3) is 0 Å². The van der Waals surface area contributed by atoms with E-state index in [0.717, 1.165) is 41.5 Å². The van der Waals surface area contributed by atoms with Crippen LogP contribution >= 0.6 is 35.6 Å². The summed E-state index contributed by atoms with van der Waals surface area (Å²) in [4.78, 5) is 16.4. The number of halogens is 2. The number of aliphatic imine (C=N–C) groups is 1. The standard InChI is InChI=1S/C22H27ClN4O2.HI/c1-2-24-22(25-13-16-6-8-18(23)9-7-16)26-14-17-4-3-5-20(12-17)29-15-21(28)27-19-10-11-19;/h3-9,12,19H,2,10-11,13-15H2,1H3,(H,27,28)(H2,24,25,26);1H. The molecule has 1 aliphatic carbocycles. The molecule has 0 atom stereocenters. The van der Waals surface area contributed by atoms with E-state index in [9.17, 15) is 4.79 Å². The Bertz CT molecular complexity index is 841. The quantitative estimate of drug-likeness (QED) is 0.256. The SMILES string of the molecule is CCNC(=NCc1cccc(OCC(=O)NC2CC2)c1)NCc1ccc(Cl)cc1.I. The van der Waals surface area contributed by atoms with E-state index in [1.807, 2.05) is 55.5 Å². The van der Waals surface area contributed by atoms with Gasteiger partial charge in [0.2, 0.25) is 0 Å². The van der Waals surface area contributed by atoms with Crippen LogP contribution in [0.4, 0.5) is 0 Å². The Kier molecular flexibility index (Phi) is 10.2. The minimum Gasteiger partial charge on any atom is -0.484 e. The van der Waals surface area contributed by atoms with E-state index < -0.39 is 0 Å². The van der Waals surface area contributed by atoms with Gasteiger partial charge in [0.25, 0.3) is 5.91 Å². The first kappa shape index (κ1) is 24.3. The van der Waals surface area contributed by atoms with E-state index in [1.165, 1.54) is 0 Å². The Hall–Kier alpha value is -2.00. The Morgan fingerprint density at radius 2 is 1.90 bits per heavy atom. The van der Waals surface area contributed by atoms with Crippen LogP contribution in [0.1, 0.15) is 30.9 Å². The van der Waals surface area contributed by atoms with E-state index in [2.05, 4.69) is 20.9 Å². The highest BCUT2D eigenvalue weighted by atomic mass is 127. The zero-order chi connectivity index (χ0) is 20.5. The molecule has 3 N–H and O–H groups in total. The number of hydrogen-bond donors (Lipinski definition) is 3. The number of amides is 1. The smallest absolute Gasteiger partial charge is 0.258 e. The molecule has 3 rings (SSSR count). The first-order valence-electron chi connectivity index (χ1n) is 9.90. The van der Waals surface area contributed by atoms with Crippen LogP contribution in [0.2, 0.25) is 5.02 Å².